The molecule has 1 atom stereocenters. The third kappa shape index (κ3) is 2.65. The van der Waals surface area contributed by atoms with Gasteiger partial charge in [0.05, 0.1) is 12.2 Å². The van der Waals surface area contributed by atoms with Gasteiger partial charge in [-0.1, -0.05) is 18.2 Å². The Kier molecular flexibility index (Phi) is 3.77. The molecule has 2 N–H and O–H groups in total. The Morgan fingerprint density at radius 2 is 2.04 bits per heavy atom. The smallest absolute Gasteiger partial charge is 0.339 e. The molecule has 7 nitrogen and oxygen atoms in total. The number of aryl methyl sites for hydroxylation is 1. The molecule has 1 aliphatic rings. The Morgan fingerprint density at radius 3 is 2.78 bits per heavy atom. The van der Waals surface area contributed by atoms with Gasteiger partial charge in [0.15, 0.2) is 0 Å². The number of hydrogen-bond acceptors (Lipinski definition) is 4. The average molecular weight is 314 g/mol. The molecule has 120 valence electrons. The van der Waals surface area contributed by atoms with Crippen molar-refractivity contribution in [3.63, 3.8) is 0 Å². The molecule has 0 saturated heterocycles. The van der Waals surface area contributed by atoms with Crippen LogP contribution in [-0.2, 0) is 7.05 Å². The van der Waals surface area contributed by atoms with E-state index in [1.54, 1.807) is 7.05 Å². The summed E-state index contributed by atoms with van der Waals surface area (Å²) in [6.07, 6.45) is 1.96. The molecule has 1 aliphatic heterocycles. The van der Waals surface area contributed by atoms with Gasteiger partial charge in [0, 0.05) is 26.3 Å². The molecule has 0 fully saturated rings. The number of carbonyl (C=O) groups is 2. The fraction of sp³-hybridized carbons (Fsp3) is 0.312. The van der Waals surface area contributed by atoms with Gasteiger partial charge in [-0.25, -0.2) is 4.79 Å². The van der Waals surface area contributed by atoms with E-state index in [-0.39, 0.29) is 17.3 Å². The second kappa shape index (κ2) is 5.75. The first-order chi connectivity index (χ1) is 11.0. The highest BCUT2D eigenvalue weighted by Crippen LogP contribution is 2.32. The van der Waals surface area contributed by atoms with E-state index in [0.717, 1.165) is 24.2 Å². The third-order valence-electron chi connectivity index (χ3n) is 4.17. The van der Waals surface area contributed by atoms with E-state index in [4.69, 9.17) is 0 Å². The Bertz CT molecular complexity index is 768. The number of para-hydroxylation sites is 1. The number of nitrogens with zero attached hydrogens (tertiary/aromatic N) is 3. The predicted octanol–water partition coefficient (Wildman–Crippen LogP) is 1.43. The summed E-state index contributed by atoms with van der Waals surface area (Å²) in [5, 5.41) is 16.0. The lowest BCUT2D eigenvalue weighted by atomic mass is 9.96. The lowest BCUT2D eigenvalue weighted by molar-refractivity contribution is 0.0690. The van der Waals surface area contributed by atoms with Crippen molar-refractivity contribution >= 4 is 17.6 Å². The van der Waals surface area contributed by atoms with E-state index >= 15 is 0 Å². The summed E-state index contributed by atoms with van der Waals surface area (Å²) in [4.78, 5) is 25.9. The van der Waals surface area contributed by atoms with Gasteiger partial charge in [-0.2, -0.15) is 5.10 Å². The van der Waals surface area contributed by atoms with Crippen molar-refractivity contribution in [1.82, 2.24) is 15.1 Å². The van der Waals surface area contributed by atoms with Crippen LogP contribution in [0.2, 0.25) is 0 Å². The molecule has 0 bridgehead atoms. The molecule has 1 aromatic carbocycles. The second-order valence-corrected chi connectivity index (χ2v) is 5.63. The number of rotatable bonds is 3. The van der Waals surface area contributed by atoms with E-state index in [9.17, 15) is 14.7 Å². The van der Waals surface area contributed by atoms with Crippen molar-refractivity contribution < 1.29 is 14.7 Å². The molecule has 0 saturated carbocycles. The highest BCUT2D eigenvalue weighted by molar-refractivity contribution is 6.03. The van der Waals surface area contributed by atoms with Crippen LogP contribution in [0.5, 0.6) is 0 Å². The van der Waals surface area contributed by atoms with Crippen molar-refractivity contribution in [3.05, 3.63) is 47.3 Å². The van der Waals surface area contributed by atoms with E-state index in [2.05, 4.69) is 15.3 Å². The van der Waals surface area contributed by atoms with E-state index in [1.165, 1.54) is 10.9 Å². The number of carboxylic acid groups (broad SMARTS) is 1. The normalized spacial score (nSPS) is 16.8. The predicted molar refractivity (Wildman–Crippen MR) is 84.7 cm³/mol. The molecule has 3 rings (SSSR count). The summed E-state index contributed by atoms with van der Waals surface area (Å²) in [6.45, 7) is 0.819. The topological polar surface area (TPSA) is 87.5 Å². The lowest BCUT2D eigenvalue weighted by Gasteiger charge is -2.33. The molecular weight excluding hydrogens is 296 g/mol. The number of carboxylic acids is 1. The van der Waals surface area contributed by atoms with Crippen LogP contribution < -0.4 is 10.2 Å². The molecule has 1 unspecified atom stereocenters. The van der Waals surface area contributed by atoms with Gasteiger partial charge in [0.25, 0.3) is 5.91 Å². The number of fused-ring (bicyclic) bond motifs is 1. The largest absolute Gasteiger partial charge is 0.478 e. The zero-order valence-electron chi connectivity index (χ0n) is 13.0. The van der Waals surface area contributed by atoms with Crippen molar-refractivity contribution in [2.75, 3.05) is 18.5 Å². The average Bonchev–Trinajstić information content (AvgIpc) is 2.92. The maximum Gasteiger partial charge on any atom is 0.339 e. The van der Waals surface area contributed by atoms with Crippen molar-refractivity contribution in [3.8, 4) is 0 Å². The monoisotopic (exact) mass is 314 g/mol. The first kappa shape index (κ1) is 15.1. The number of anilines is 1. The number of nitrogens with one attached hydrogen (secondary N) is 1. The van der Waals surface area contributed by atoms with Gasteiger partial charge >= 0.3 is 5.97 Å². The molecule has 2 aromatic rings. The maximum atomic E-state index is 12.6. The Hall–Kier alpha value is -2.83. The highest BCUT2D eigenvalue weighted by atomic mass is 16.4. The molecule has 0 radical (unpaired) electrons. The van der Waals surface area contributed by atoms with Gasteiger partial charge in [-0.05, 0) is 18.1 Å². The van der Waals surface area contributed by atoms with E-state index in [1.807, 2.05) is 31.3 Å². The third-order valence-corrected chi connectivity index (χ3v) is 4.17. The van der Waals surface area contributed by atoms with E-state index in [0.29, 0.717) is 0 Å². The molecule has 0 spiro atoms. The van der Waals surface area contributed by atoms with Crippen LogP contribution in [0.25, 0.3) is 0 Å². The van der Waals surface area contributed by atoms with Crippen LogP contribution in [0.15, 0.2) is 30.5 Å². The summed E-state index contributed by atoms with van der Waals surface area (Å²) < 4.78 is 1.29. The van der Waals surface area contributed by atoms with Gasteiger partial charge in [0.2, 0.25) is 0 Å². The first-order valence-corrected chi connectivity index (χ1v) is 7.35. The van der Waals surface area contributed by atoms with Crippen molar-refractivity contribution in [2.24, 2.45) is 7.05 Å². The first-order valence-electron chi connectivity index (χ1n) is 7.35. The summed E-state index contributed by atoms with van der Waals surface area (Å²) in [5.74, 6) is -1.58. The van der Waals surface area contributed by atoms with Crippen LogP contribution in [0.3, 0.4) is 0 Å². The molecule has 0 aliphatic carbocycles. The van der Waals surface area contributed by atoms with Crippen molar-refractivity contribution in [2.45, 2.75) is 12.5 Å². The molecular formula is C16H18N4O3. The lowest BCUT2D eigenvalue weighted by Crippen LogP contribution is -2.37. The number of hydrogen-bond donors (Lipinski definition) is 2. The number of aromatic nitrogens is 2. The minimum absolute atomic E-state index is 0.0638. The number of amides is 1. The molecule has 1 aromatic heterocycles. The zero-order chi connectivity index (χ0) is 16.6. The number of benzene rings is 1. The van der Waals surface area contributed by atoms with Gasteiger partial charge < -0.3 is 15.3 Å². The van der Waals surface area contributed by atoms with Crippen LogP contribution in [0.1, 0.15) is 38.9 Å². The maximum absolute atomic E-state index is 12.6. The van der Waals surface area contributed by atoms with E-state index < -0.39 is 11.9 Å². The summed E-state index contributed by atoms with van der Waals surface area (Å²) in [7, 11) is 3.57. The number of aromatic carboxylic acids is 1. The molecule has 7 heteroatoms. The Balaban J connectivity index is 1.89. The van der Waals surface area contributed by atoms with Gasteiger partial charge in [-0.15, -0.1) is 0 Å². The quantitative estimate of drug-likeness (QED) is 0.895. The summed E-state index contributed by atoms with van der Waals surface area (Å²) in [5.41, 5.74) is 2.08. The highest BCUT2D eigenvalue weighted by Gasteiger charge is 2.28. The van der Waals surface area contributed by atoms with Crippen LogP contribution in [0, 0.1) is 0 Å². The fourth-order valence-electron chi connectivity index (χ4n) is 2.97. The molecule has 1 amide bonds. The SMILES string of the molecule is CN1CCC(NC(=O)c2c(C(=O)O)cnn2C)c2ccccc21. The summed E-state index contributed by atoms with van der Waals surface area (Å²) in [6, 6.07) is 7.75. The Labute approximate surface area is 133 Å². The molecule has 23 heavy (non-hydrogen) atoms. The van der Waals surface area contributed by atoms with Crippen LogP contribution >= 0.6 is 0 Å². The zero-order valence-corrected chi connectivity index (χ0v) is 13.0. The van der Waals surface area contributed by atoms with Crippen LogP contribution in [0.4, 0.5) is 5.69 Å². The fourth-order valence-corrected chi connectivity index (χ4v) is 2.97. The summed E-state index contributed by atoms with van der Waals surface area (Å²) >= 11 is 0. The Morgan fingerprint density at radius 1 is 1.30 bits per heavy atom. The molecule has 2 heterocycles. The van der Waals surface area contributed by atoms with Crippen LogP contribution in [-0.4, -0.2) is 40.4 Å². The second-order valence-electron chi connectivity index (χ2n) is 5.63. The van der Waals surface area contributed by atoms with Gasteiger partial charge in [-0.3, -0.25) is 9.48 Å². The standard InChI is InChI=1S/C16H18N4O3/c1-19-8-7-12(10-5-3-4-6-13(10)19)18-15(21)14-11(16(22)23)9-17-20(14)2/h3-6,9,12H,7-8H2,1-2H3,(H,18,21)(H,22,23). The van der Waals surface area contributed by atoms with Gasteiger partial charge in [0.1, 0.15) is 11.3 Å². The minimum atomic E-state index is -1.16. The number of carbonyl (C=O) groups excluding carboxylic acids is 1. The van der Waals surface area contributed by atoms with Crippen molar-refractivity contribution in [1.29, 1.82) is 0 Å². The minimum Gasteiger partial charge on any atom is -0.478 e.